The van der Waals surface area contributed by atoms with E-state index in [1.165, 1.54) is 6.20 Å². The maximum atomic E-state index is 13.4. The van der Waals surface area contributed by atoms with Crippen molar-refractivity contribution in [1.29, 1.82) is 0 Å². The van der Waals surface area contributed by atoms with E-state index in [-0.39, 0.29) is 36.8 Å². The number of carbonyl (C=O) groups excluding carboxylic acids is 1. The molecule has 1 heterocycles. The van der Waals surface area contributed by atoms with Gasteiger partial charge in [-0.25, -0.2) is 8.61 Å². The van der Waals surface area contributed by atoms with E-state index in [2.05, 4.69) is 19.6 Å². The first-order chi connectivity index (χ1) is 17.0. The standard InChI is InChI=1S/C26H34N2O6SSi/c1-5-33-26(30)22-16-21(22)20-11-12-23(24(15-20)34-18-19-9-7-6-8-10-19)28-17-25(29)27(35(28,31)32)13-14-36(2,3)4/h6-12,15,17,21-22,29H,5,13-14,16,18H2,1-4H3. The summed E-state index contributed by atoms with van der Waals surface area (Å²) in [4.78, 5) is 12.2. The van der Waals surface area contributed by atoms with Crippen molar-refractivity contribution in [3.8, 4) is 5.75 Å². The van der Waals surface area contributed by atoms with Gasteiger partial charge >= 0.3 is 16.2 Å². The minimum Gasteiger partial charge on any atom is -0.493 e. The molecule has 0 saturated heterocycles. The smallest absolute Gasteiger partial charge is 0.332 e. The Bertz CT molecular complexity index is 1240. The van der Waals surface area contributed by atoms with E-state index in [0.717, 1.165) is 19.7 Å². The molecule has 4 rings (SSSR count). The van der Waals surface area contributed by atoms with Crippen molar-refractivity contribution in [2.75, 3.05) is 17.5 Å². The van der Waals surface area contributed by atoms with Crippen molar-refractivity contribution in [3.05, 3.63) is 71.7 Å². The molecule has 1 aliphatic heterocycles. The first-order valence-corrected chi connectivity index (χ1v) is 17.3. The summed E-state index contributed by atoms with van der Waals surface area (Å²) >= 11 is 0. The van der Waals surface area contributed by atoms with Crippen LogP contribution in [0.4, 0.5) is 5.69 Å². The van der Waals surface area contributed by atoms with Crippen molar-refractivity contribution < 1.29 is 27.8 Å². The van der Waals surface area contributed by atoms with E-state index < -0.39 is 18.3 Å². The third-order valence-electron chi connectivity index (χ3n) is 6.35. The van der Waals surface area contributed by atoms with Crippen LogP contribution in [0.5, 0.6) is 5.75 Å². The van der Waals surface area contributed by atoms with Crippen LogP contribution in [0.3, 0.4) is 0 Å². The molecule has 0 amide bonds. The van der Waals surface area contributed by atoms with Crippen LogP contribution >= 0.6 is 0 Å². The molecule has 0 aromatic heterocycles. The molecular weight excluding hydrogens is 496 g/mol. The first kappa shape index (κ1) is 26.1. The highest BCUT2D eigenvalue weighted by molar-refractivity contribution is 7.91. The van der Waals surface area contributed by atoms with Crippen LogP contribution in [0.1, 0.15) is 30.4 Å². The fourth-order valence-electron chi connectivity index (χ4n) is 4.19. The van der Waals surface area contributed by atoms with Gasteiger partial charge in [0, 0.05) is 14.6 Å². The summed E-state index contributed by atoms with van der Waals surface area (Å²) in [6.45, 7) is 9.05. The van der Waals surface area contributed by atoms with Crippen molar-refractivity contribution in [2.24, 2.45) is 5.92 Å². The number of anilines is 1. The SMILES string of the molecule is CCOC(=O)C1CC1c1ccc(N2C=C(O)N(CC[Si](C)(C)C)S2(=O)=O)c(OCc2ccccc2)c1. The molecule has 1 fully saturated rings. The Morgan fingerprint density at radius 2 is 1.86 bits per heavy atom. The molecule has 0 radical (unpaired) electrons. The van der Waals surface area contributed by atoms with Gasteiger partial charge in [-0.3, -0.25) is 4.79 Å². The maximum absolute atomic E-state index is 13.4. The zero-order valence-electron chi connectivity index (χ0n) is 21.2. The van der Waals surface area contributed by atoms with Crippen LogP contribution in [-0.4, -0.2) is 45.0 Å². The molecule has 1 N–H and O–H groups in total. The van der Waals surface area contributed by atoms with Gasteiger partial charge in [0.25, 0.3) is 0 Å². The Kier molecular flexibility index (Phi) is 7.38. The molecule has 2 unspecified atom stereocenters. The predicted molar refractivity (Wildman–Crippen MR) is 142 cm³/mol. The Morgan fingerprint density at radius 1 is 1.14 bits per heavy atom. The molecule has 2 atom stereocenters. The second kappa shape index (κ2) is 10.2. The average molecular weight is 531 g/mol. The lowest BCUT2D eigenvalue weighted by Gasteiger charge is -2.25. The Labute approximate surface area is 214 Å². The fraction of sp³-hybridized carbons (Fsp3) is 0.423. The van der Waals surface area contributed by atoms with Gasteiger partial charge in [0.15, 0.2) is 0 Å². The number of nitrogens with zero attached hydrogens (tertiary/aromatic N) is 2. The number of ether oxygens (including phenoxy) is 2. The molecular formula is C26H34N2O6SSi. The number of carbonyl (C=O) groups is 1. The zero-order chi connectivity index (χ0) is 26.1. The lowest BCUT2D eigenvalue weighted by molar-refractivity contribution is -0.144. The van der Waals surface area contributed by atoms with Crippen molar-refractivity contribution in [2.45, 2.75) is 51.6 Å². The summed E-state index contributed by atoms with van der Waals surface area (Å²) in [5.41, 5.74) is 2.13. The van der Waals surface area contributed by atoms with E-state index in [9.17, 15) is 18.3 Å². The Morgan fingerprint density at radius 3 is 2.53 bits per heavy atom. The van der Waals surface area contributed by atoms with E-state index in [4.69, 9.17) is 9.47 Å². The first-order valence-electron chi connectivity index (χ1n) is 12.2. The lowest BCUT2D eigenvalue weighted by Crippen LogP contribution is -2.37. The number of aliphatic hydroxyl groups is 1. The number of rotatable bonds is 10. The molecule has 36 heavy (non-hydrogen) atoms. The second-order valence-electron chi connectivity index (χ2n) is 10.4. The third kappa shape index (κ3) is 5.70. The monoisotopic (exact) mass is 530 g/mol. The largest absolute Gasteiger partial charge is 0.493 e. The second-order valence-corrected chi connectivity index (χ2v) is 17.7. The highest BCUT2D eigenvalue weighted by Gasteiger charge is 2.46. The molecule has 8 nitrogen and oxygen atoms in total. The number of esters is 1. The van der Waals surface area contributed by atoms with Crippen LogP contribution < -0.4 is 9.04 Å². The topological polar surface area (TPSA) is 96.4 Å². The van der Waals surface area contributed by atoms with Crippen LogP contribution in [0, 0.1) is 5.92 Å². The minimum absolute atomic E-state index is 0.00421. The molecule has 2 aromatic carbocycles. The molecule has 194 valence electrons. The number of benzene rings is 2. The molecule has 1 aliphatic carbocycles. The molecule has 10 heteroatoms. The predicted octanol–water partition coefficient (Wildman–Crippen LogP) is 4.99. The van der Waals surface area contributed by atoms with E-state index in [1.54, 1.807) is 19.1 Å². The van der Waals surface area contributed by atoms with Crippen molar-refractivity contribution in [3.63, 3.8) is 0 Å². The van der Waals surface area contributed by atoms with Gasteiger partial charge in [-0.15, -0.1) is 0 Å². The molecule has 1 saturated carbocycles. The summed E-state index contributed by atoms with van der Waals surface area (Å²) in [6.07, 6.45) is 1.91. The van der Waals surface area contributed by atoms with E-state index in [0.29, 0.717) is 30.5 Å². The average Bonchev–Trinajstić information content (AvgIpc) is 3.58. The van der Waals surface area contributed by atoms with Crippen LogP contribution in [-0.2, 0) is 26.3 Å². The van der Waals surface area contributed by atoms with Gasteiger partial charge < -0.3 is 14.6 Å². The van der Waals surface area contributed by atoms with E-state index >= 15 is 0 Å². The molecule has 2 aliphatic rings. The third-order valence-corrected chi connectivity index (χ3v) is 9.80. The number of hydrogen-bond acceptors (Lipinski definition) is 6. The molecule has 0 spiro atoms. The quantitative estimate of drug-likeness (QED) is 0.343. The fourth-order valence-corrected chi connectivity index (χ4v) is 6.69. The highest BCUT2D eigenvalue weighted by atomic mass is 32.2. The van der Waals surface area contributed by atoms with Gasteiger partial charge in [-0.2, -0.15) is 8.42 Å². The van der Waals surface area contributed by atoms with Gasteiger partial charge in [-0.1, -0.05) is 56.0 Å². The summed E-state index contributed by atoms with van der Waals surface area (Å²) in [7, 11) is -5.55. The zero-order valence-corrected chi connectivity index (χ0v) is 23.0. The number of aliphatic hydroxyl groups excluding tert-OH is 1. The highest BCUT2D eigenvalue weighted by Crippen LogP contribution is 2.50. The van der Waals surface area contributed by atoms with Gasteiger partial charge in [-0.05, 0) is 48.6 Å². The van der Waals surface area contributed by atoms with Crippen molar-refractivity contribution in [1.82, 2.24) is 4.31 Å². The Hall–Kier alpha value is -2.98. The summed E-state index contributed by atoms with van der Waals surface area (Å²) in [5, 5.41) is 10.5. The molecule has 0 bridgehead atoms. The van der Waals surface area contributed by atoms with Crippen LogP contribution in [0.2, 0.25) is 25.7 Å². The summed E-state index contributed by atoms with van der Waals surface area (Å²) < 4.78 is 40.3. The Balaban J connectivity index is 1.63. The lowest BCUT2D eigenvalue weighted by atomic mass is 10.1. The van der Waals surface area contributed by atoms with Crippen LogP contribution in [0.15, 0.2) is 60.6 Å². The summed E-state index contributed by atoms with van der Waals surface area (Å²) in [6, 6.07) is 15.6. The van der Waals surface area contributed by atoms with Gasteiger partial charge in [0.2, 0.25) is 5.88 Å². The van der Waals surface area contributed by atoms with E-state index in [1.807, 2.05) is 36.4 Å². The minimum atomic E-state index is -4.01. The normalized spacial score (nSPS) is 20.7. The van der Waals surface area contributed by atoms with Crippen LogP contribution in [0.25, 0.3) is 0 Å². The van der Waals surface area contributed by atoms with Crippen molar-refractivity contribution >= 4 is 29.9 Å². The van der Waals surface area contributed by atoms with Gasteiger partial charge in [0.1, 0.15) is 18.0 Å². The molecule has 2 aromatic rings. The van der Waals surface area contributed by atoms with Gasteiger partial charge in [0.05, 0.1) is 18.7 Å². The number of hydrogen-bond donors (Lipinski definition) is 1. The summed E-state index contributed by atoms with van der Waals surface area (Å²) in [5.74, 6) is -0.355. The maximum Gasteiger partial charge on any atom is 0.332 e.